The van der Waals surface area contributed by atoms with Gasteiger partial charge in [0.2, 0.25) is 0 Å². The topological polar surface area (TPSA) is 64.1 Å². The third-order valence-corrected chi connectivity index (χ3v) is 3.37. The van der Waals surface area contributed by atoms with Crippen LogP contribution < -0.4 is 16.8 Å². The lowest BCUT2D eigenvalue weighted by Gasteiger charge is -2.17. The maximum absolute atomic E-state index is 5.76. The molecule has 21 heavy (non-hydrogen) atoms. The molecule has 0 bridgehead atoms. The van der Waals surface area contributed by atoms with E-state index in [2.05, 4.69) is 31.0 Å². The molecular formula is C18H21N3. The molecule has 1 atom stereocenters. The van der Waals surface area contributed by atoms with Gasteiger partial charge in [-0.2, -0.15) is 0 Å². The van der Waals surface area contributed by atoms with Crippen LogP contribution in [0.1, 0.15) is 24.1 Å². The molecule has 2 aromatic rings. The summed E-state index contributed by atoms with van der Waals surface area (Å²) in [6.45, 7) is 5.88. The maximum atomic E-state index is 5.76. The summed E-state index contributed by atoms with van der Waals surface area (Å²) in [5.41, 5.74) is 15.8. The number of allylic oxidation sites excluding steroid dienone is 1. The fourth-order valence-electron chi connectivity index (χ4n) is 2.24. The molecule has 108 valence electrons. The Kier molecular flexibility index (Phi) is 4.67. The fourth-order valence-corrected chi connectivity index (χ4v) is 2.24. The minimum Gasteiger partial charge on any atom is -0.404 e. The summed E-state index contributed by atoms with van der Waals surface area (Å²) in [7, 11) is 0. The second kappa shape index (κ2) is 6.66. The van der Waals surface area contributed by atoms with Crippen LogP contribution in [0.3, 0.4) is 0 Å². The summed E-state index contributed by atoms with van der Waals surface area (Å²) in [4.78, 5) is 0. The van der Waals surface area contributed by atoms with Crippen molar-refractivity contribution in [2.45, 2.75) is 13.0 Å². The molecule has 2 aromatic carbocycles. The van der Waals surface area contributed by atoms with E-state index in [1.54, 1.807) is 0 Å². The zero-order valence-electron chi connectivity index (χ0n) is 12.2. The number of hydrogen-bond donors (Lipinski definition) is 3. The lowest BCUT2D eigenvalue weighted by Crippen LogP contribution is -2.07. The maximum Gasteiger partial charge on any atom is 0.0485 e. The Morgan fingerprint density at radius 3 is 2.48 bits per heavy atom. The Hall–Kier alpha value is -2.68. The molecule has 0 heterocycles. The molecule has 0 spiro atoms. The molecule has 0 fully saturated rings. The van der Waals surface area contributed by atoms with Crippen molar-refractivity contribution in [2.75, 3.05) is 5.32 Å². The highest BCUT2D eigenvalue weighted by Crippen LogP contribution is 2.24. The number of nitrogens with two attached hydrogens (primary N) is 2. The molecule has 2 rings (SSSR count). The van der Waals surface area contributed by atoms with E-state index in [4.69, 9.17) is 11.5 Å². The summed E-state index contributed by atoms with van der Waals surface area (Å²) in [6, 6.07) is 18.5. The molecule has 0 aromatic heterocycles. The first-order valence-corrected chi connectivity index (χ1v) is 6.90. The van der Waals surface area contributed by atoms with Gasteiger partial charge in [-0.3, -0.25) is 0 Å². The largest absolute Gasteiger partial charge is 0.404 e. The molecule has 0 radical (unpaired) electrons. The van der Waals surface area contributed by atoms with Crippen molar-refractivity contribution in [3.05, 3.63) is 84.2 Å². The van der Waals surface area contributed by atoms with E-state index in [-0.39, 0.29) is 6.04 Å². The smallest absolute Gasteiger partial charge is 0.0485 e. The van der Waals surface area contributed by atoms with Gasteiger partial charge in [0, 0.05) is 29.2 Å². The van der Waals surface area contributed by atoms with Crippen LogP contribution >= 0.6 is 0 Å². The highest BCUT2D eigenvalue weighted by molar-refractivity contribution is 5.78. The van der Waals surface area contributed by atoms with Crippen LogP contribution in [0.4, 0.5) is 5.69 Å². The van der Waals surface area contributed by atoms with E-state index in [9.17, 15) is 0 Å². The summed E-state index contributed by atoms with van der Waals surface area (Å²) < 4.78 is 0. The average molecular weight is 279 g/mol. The van der Waals surface area contributed by atoms with Crippen molar-refractivity contribution in [1.82, 2.24) is 0 Å². The predicted molar refractivity (Wildman–Crippen MR) is 90.4 cm³/mol. The van der Waals surface area contributed by atoms with Crippen molar-refractivity contribution < 1.29 is 0 Å². The van der Waals surface area contributed by atoms with E-state index in [1.165, 1.54) is 11.8 Å². The van der Waals surface area contributed by atoms with Crippen LogP contribution in [-0.2, 0) is 0 Å². The van der Waals surface area contributed by atoms with E-state index in [1.807, 2.05) is 42.5 Å². The number of benzene rings is 2. The first-order chi connectivity index (χ1) is 10.1. The van der Waals surface area contributed by atoms with Gasteiger partial charge in [0.25, 0.3) is 0 Å². The van der Waals surface area contributed by atoms with Gasteiger partial charge in [0.05, 0.1) is 0 Å². The lowest BCUT2D eigenvalue weighted by molar-refractivity contribution is 0.885. The van der Waals surface area contributed by atoms with Crippen LogP contribution in [0.15, 0.2) is 73.1 Å². The van der Waals surface area contributed by atoms with Gasteiger partial charge in [0.1, 0.15) is 0 Å². The molecular weight excluding hydrogens is 258 g/mol. The van der Waals surface area contributed by atoms with E-state index in [0.717, 1.165) is 16.8 Å². The molecule has 5 N–H and O–H groups in total. The molecule has 0 aliphatic carbocycles. The molecule has 3 nitrogen and oxygen atoms in total. The summed E-state index contributed by atoms with van der Waals surface area (Å²) >= 11 is 0. The Morgan fingerprint density at radius 1 is 1.14 bits per heavy atom. The monoisotopic (exact) mass is 279 g/mol. The molecule has 0 aliphatic heterocycles. The summed E-state index contributed by atoms with van der Waals surface area (Å²) in [5.74, 6) is 0. The van der Waals surface area contributed by atoms with Crippen molar-refractivity contribution in [1.29, 1.82) is 0 Å². The number of rotatable bonds is 5. The van der Waals surface area contributed by atoms with Crippen LogP contribution in [-0.4, -0.2) is 0 Å². The highest BCUT2D eigenvalue weighted by Gasteiger charge is 2.07. The Morgan fingerprint density at radius 2 is 1.86 bits per heavy atom. The Balaban J connectivity index is 2.20. The summed E-state index contributed by atoms with van der Waals surface area (Å²) in [6.07, 6.45) is 1.49. The molecule has 0 amide bonds. The zero-order valence-corrected chi connectivity index (χ0v) is 12.2. The average Bonchev–Trinajstić information content (AvgIpc) is 2.49. The minimum atomic E-state index is 0.216. The highest BCUT2D eigenvalue weighted by atomic mass is 14.9. The second-order valence-electron chi connectivity index (χ2n) is 4.96. The van der Waals surface area contributed by atoms with Crippen molar-refractivity contribution in [2.24, 2.45) is 11.5 Å². The van der Waals surface area contributed by atoms with E-state index >= 15 is 0 Å². The van der Waals surface area contributed by atoms with Crippen molar-refractivity contribution >= 4 is 11.3 Å². The third kappa shape index (κ3) is 3.66. The Bertz CT molecular complexity index is 645. The third-order valence-electron chi connectivity index (χ3n) is 3.37. The van der Waals surface area contributed by atoms with Gasteiger partial charge in [-0.05, 0) is 30.2 Å². The van der Waals surface area contributed by atoms with Gasteiger partial charge in [0.15, 0.2) is 0 Å². The van der Waals surface area contributed by atoms with E-state index < -0.39 is 0 Å². The number of anilines is 1. The van der Waals surface area contributed by atoms with Crippen molar-refractivity contribution in [3.63, 3.8) is 0 Å². The zero-order chi connectivity index (χ0) is 15.2. The first kappa shape index (κ1) is 14.7. The van der Waals surface area contributed by atoms with E-state index in [0.29, 0.717) is 5.70 Å². The SMILES string of the molecule is C=C(N)/C(=C\N)c1cccc(N[C@@H](C)c2ccccc2)c1. The minimum absolute atomic E-state index is 0.216. The van der Waals surface area contributed by atoms with Crippen LogP contribution in [0.25, 0.3) is 5.57 Å². The number of nitrogens with one attached hydrogen (secondary N) is 1. The lowest BCUT2D eigenvalue weighted by atomic mass is 10.0. The van der Waals surface area contributed by atoms with Gasteiger partial charge in [-0.1, -0.05) is 49.0 Å². The van der Waals surface area contributed by atoms with Crippen LogP contribution in [0.5, 0.6) is 0 Å². The van der Waals surface area contributed by atoms with Crippen LogP contribution in [0.2, 0.25) is 0 Å². The molecule has 0 saturated carbocycles. The van der Waals surface area contributed by atoms with Gasteiger partial charge >= 0.3 is 0 Å². The predicted octanol–water partition coefficient (Wildman–Crippen LogP) is 3.63. The fraction of sp³-hybridized carbons (Fsp3) is 0.111. The normalized spacial score (nSPS) is 12.7. The molecule has 0 saturated heterocycles. The summed E-state index contributed by atoms with van der Waals surface area (Å²) in [5, 5.41) is 3.48. The quantitative estimate of drug-likeness (QED) is 0.732. The number of hydrogen-bond acceptors (Lipinski definition) is 3. The van der Waals surface area contributed by atoms with Crippen LogP contribution in [0, 0.1) is 0 Å². The first-order valence-electron chi connectivity index (χ1n) is 6.90. The van der Waals surface area contributed by atoms with Crippen molar-refractivity contribution in [3.8, 4) is 0 Å². The standard InChI is InChI=1S/C18H21N3/c1-13(20)18(12-19)16-9-6-10-17(11-16)21-14(2)15-7-4-3-5-8-15/h3-12,14,21H,1,19-20H2,2H3/b18-12+/t14-/m0/s1. The molecule has 0 unspecified atom stereocenters. The molecule has 0 aliphatic rings. The van der Waals surface area contributed by atoms with Gasteiger partial charge < -0.3 is 16.8 Å². The van der Waals surface area contributed by atoms with Gasteiger partial charge in [-0.25, -0.2) is 0 Å². The van der Waals surface area contributed by atoms with Gasteiger partial charge in [-0.15, -0.1) is 0 Å². The Labute approximate surface area is 126 Å². The molecule has 3 heteroatoms. The second-order valence-corrected chi connectivity index (χ2v) is 4.96.